The summed E-state index contributed by atoms with van der Waals surface area (Å²) in [5.41, 5.74) is 0.900. The average Bonchev–Trinajstić information content (AvgIpc) is 2.93. The highest BCUT2D eigenvalue weighted by atomic mass is 35.5. The van der Waals surface area contributed by atoms with Crippen LogP contribution in [0.5, 0.6) is 11.5 Å². The standard InChI is InChI=1S/C18H22ClNO3S.C11H17NO3S/c1-14(2)12-20(13-15-4-6-16(19)7-5-15)24(21,22)18-10-8-17(23-3)9-11-18;1-9(2)8-12-16(13,14)11-6-4-10(15-3)5-7-11/h4-11,14H,12-13H2,1-3H3;4-7,9,12H,8H2,1-3H3. The van der Waals surface area contributed by atoms with Crippen molar-refractivity contribution in [2.45, 2.75) is 44.0 Å². The summed E-state index contributed by atoms with van der Waals surface area (Å²) in [6.07, 6.45) is 0. The van der Waals surface area contributed by atoms with Gasteiger partial charge in [-0.1, -0.05) is 51.4 Å². The van der Waals surface area contributed by atoms with Crippen molar-refractivity contribution in [1.29, 1.82) is 0 Å². The van der Waals surface area contributed by atoms with Gasteiger partial charge in [-0.05, 0) is 78.1 Å². The quantitative estimate of drug-likeness (QED) is 0.277. The van der Waals surface area contributed by atoms with E-state index in [1.165, 1.54) is 16.4 Å². The molecule has 0 radical (unpaired) electrons. The average molecular weight is 611 g/mol. The van der Waals surface area contributed by atoms with Crippen LogP contribution in [0.25, 0.3) is 0 Å². The lowest BCUT2D eigenvalue weighted by atomic mass is 10.2. The van der Waals surface area contributed by atoms with Gasteiger partial charge >= 0.3 is 0 Å². The molecule has 3 aromatic rings. The van der Waals surface area contributed by atoms with E-state index in [9.17, 15) is 16.8 Å². The Morgan fingerprint density at radius 2 is 1.20 bits per heavy atom. The number of hydrogen-bond acceptors (Lipinski definition) is 6. The van der Waals surface area contributed by atoms with Gasteiger partial charge in [0.2, 0.25) is 20.0 Å². The van der Waals surface area contributed by atoms with E-state index in [1.54, 1.807) is 62.8 Å². The van der Waals surface area contributed by atoms with Gasteiger partial charge in [-0.15, -0.1) is 0 Å². The van der Waals surface area contributed by atoms with Gasteiger partial charge < -0.3 is 9.47 Å². The molecular formula is C29H39ClN2O6S2. The predicted molar refractivity (Wildman–Crippen MR) is 160 cm³/mol. The van der Waals surface area contributed by atoms with Crippen LogP contribution >= 0.6 is 11.6 Å². The molecule has 3 rings (SSSR count). The van der Waals surface area contributed by atoms with Crippen molar-refractivity contribution in [2.24, 2.45) is 11.8 Å². The molecule has 0 saturated heterocycles. The lowest BCUT2D eigenvalue weighted by Crippen LogP contribution is -2.33. The Balaban J connectivity index is 0.000000305. The van der Waals surface area contributed by atoms with Crippen LogP contribution in [0, 0.1) is 11.8 Å². The summed E-state index contributed by atoms with van der Waals surface area (Å²) in [6, 6.07) is 20.0. The minimum atomic E-state index is -3.58. The SMILES string of the molecule is COc1ccc(S(=O)(=O)N(Cc2ccc(Cl)cc2)CC(C)C)cc1.COc1ccc(S(=O)(=O)NCC(C)C)cc1. The van der Waals surface area contributed by atoms with Crippen molar-refractivity contribution in [3.05, 3.63) is 83.4 Å². The molecule has 0 heterocycles. The molecule has 0 saturated carbocycles. The van der Waals surface area contributed by atoms with Crippen molar-refractivity contribution >= 4 is 31.6 Å². The van der Waals surface area contributed by atoms with Crippen LogP contribution in [0.3, 0.4) is 0 Å². The first kappa shape index (κ1) is 33.6. The number of benzene rings is 3. The monoisotopic (exact) mass is 610 g/mol. The van der Waals surface area contributed by atoms with Crippen molar-refractivity contribution in [2.75, 3.05) is 27.3 Å². The zero-order valence-corrected chi connectivity index (χ0v) is 26.2. The second kappa shape index (κ2) is 15.4. The van der Waals surface area contributed by atoms with Gasteiger partial charge in [0.1, 0.15) is 11.5 Å². The van der Waals surface area contributed by atoms with E-state index in [-0.39, 0.29) is 21.6 Å². The number of sulfonamides is 2. The first-order valence-electron chi connectivity index (χ1n) is 12.8. The molecular weight excluding hydrogens is 572 g/mol. The van der Waals surface area contributed by atoms with Gasteiger partial charge in [0.25, 0.3) is 0 Å². The third-order valence-corrected chi connectivity index (χ3v) is 9.11. The molecule has 0 unspecified atom stereocenters. The van der Waals surface area contributed by atoms with Crippen LogP contribution < -0.4 is 14.2 Å². The topological polar surface area (TPSA) is 102 Å². The summed E-state index contributed by atoms with van der Waals surface area (Å²) in [6.45, 7) is 9.10. The van der Waals surface area contributed by atoms with Crippen LogP contribution in [-0.2, 0) is 26.6 Å². The number of hydrogen-bond donors (Lipinski definition) is 1. The molecule has 8 nitrogen and oxygen atoms in total. The van der Waals surface area contributed by atoms with E-state index in [0.717, 1.165) is 5.56 Å². The molecule has 0 fully saturated rings. The van der Waals surface area contributed by atoms with Gasteiger partial charge in [-0.3, -0.25) is 0 Å². The van der Waals surface area contributed by atoms with E-state index in [2.05, 4.69) is 4.72 Å². The number of nitrogens with zero attached hydrogens (tertiary/aromatic N) is 1. The summed E-state index contributed by atoms with van der Waals surface area (Å²) < 4.78 is 63.7. The smallest absolute Gasteiger partial charge is 0.243 e. The molecule has 11 heteroatoms. The molecule has 0 aliphatic carbocycles. The first-order chi connectivity index (χ1) is 18.8. The van der Waals surface area contributed by atoms with Gasteiger partial charge in [-0.25, -0.2) is 21.6 Å². The van der Waals surface area contributed by atoms with Crippen molar-refractivity contribution in [3.8, 4) is 11.5 Å². The van der Waals surface area contributed by atoms with E-state index in [0.29, 0.717) is 36.2 Å². The summed E-state index contributed by atoms with van der Waals surface area (Å²) in [5, 5.41) is 0.632. The molecule has 220 valence electrons. The fourth-order valence-corrected chi connectivity index (χ4v) is 6.39. The molecule has 3 aromatic carbocycles. The molecule has 0 amide bonds. The number of nitrogens with one attached hydrogen (secondary N) is 1. The van der Waals surface area contributed by atoms with Gasteiger partial charge in [0.15, 0.2) is 0 Å². The molecule has 0 aliphatic heterocycles. The Kier molecular flexibility index (Phi) is 12.9. The molecule has 0 spiro atoms. The van der Waals surface area contributed by atoms with E-state index >= 15 is 0 Å². The number of rotatable bonds is 12. The Bertz CT molecular complexity index is 1390. The maximum absolute atomic E-state index is 13.0. The molecule has 0 aliphatic rings. The molecule has 40 heavy (non-hydrogen) atoms. The lowest BCUT2D eigenvalue weighted by molar-refractivity contribution is 0.362. The van der Waals surface area contributed by atoms with E-state index < -0.39 is 20.0 Å². The zero-order valence-electron chi connectivity index (χ0n) is 23.8. The molecule has 0 bridgehead atoms. The summed E-state index contributed by atoms with van der Waals surface area (Å²) in [4.78, 5) is 0.520. The minimum Gasteiger partial charge on any atom is -0.497 e. The number of halogens is 1. The van der Waals surface area contributed by atoms with Crippen molar-refractivity contribution in [1.82, 2.24) is 9.03 Å². The van der Waals surface area contributed by atoms with E-state index in [4.69, 9.17) is 21.1 Å². The Morgan fingerprint density at radius 1 is 0.725 bits per heavy atom. The number of methoxy groups -OCH3 is 2. The number of ether oxygens (including phenoxy) is 2. The van der Waals surface area contributed by atoms with Crippen molar-refractivity contribution in [3.63, 3.8) is 0 Å². The largest absolute Gasteiger partial charge is 0.497 e. The second-order valence-corrected chi connectivity index (χ2v) is 14.1. The lowest BCUT2D eigenvalue weighted by Gasteiger charge is -2.24. The fraction of sp³-hybridized carbons (Fsp3) is 0.379. The van der Waals surface area contributed by atoms with Gasteiger partial charge in [-0.2, -0.15) is 4.31 Å². The third kappa shape index (κ3) is 10.4. The molecule has 0 atom stereocenters. The zero-order chi connectivity index (χ0) is 29.9. The van der Waals surface area contributed by atoms with Crippen LogP contribution in [0.4, 0.5) is 0 Å². The van der Waals surface area contributed by atoms with Gasteiger partial charge in [0, 0.05) is 24.7 Å². The third-order valence-electron chi connectivity index (χ3n) is 5.59. The predicted octanol–water partition coefficient (Wildman–Crippen LogP) is 5.83. The Hall–Kier alpha value is -2.63. The maximum atomic E-state index is 13.0. The maximum Gasteiger partial charge on any atom is 0.243 e. The minimum absolute atomic E-state index is 0.213. The molecule has 0 aromatic heterocycles. The van der Waals surface area contributed by atoms with E-state index in [1.807, 2.05) is 39.8 Å². The highest BCUT2D eigenvalue weighted by Gasteiger charge is 2.25. The van der Waals surface area contributed by atoms with Crippen LogP contribution in [0.2, 0.25) is 5.02 Å². The second-order valence-electron chi connectivity index (χ2n) is 9.91. The molecule has 1 N–H and O–H groups in total. The summed E-state index contributed by atoms with van der Waals surface area (Å²) in [7, 11) is -3.88. The Morgan fingerprint density at radius 3 is 1.62 bits per heavy atom. The first-order valence-corrected chi connectivity index (χ1v) is 16.1. The van der Waals surface area contributed by atoms with Crippen LogP contribution in [-0.4, -0.2) is 48.4 Å². The highest BCUT2D eigenvalue weighted by Crippen LogP contribution is 2.23. The Labute approximate surface area is 244 Å². The van der Waals surface area contributed by atoms with Crippen LogP contribution in [0.15, 0.2) is 82.6 Å². The highest BCUT2D eigenvalue weighted by molar-refractivity contribution is 7.89. The van der Waals surface area contributed by atoms with Crippen molar-refractivity contribution < 1.29 is 26.3 Å². The van der Waals surface area contributed by atoms with Crippen LogP contribution in [0.1, 0.15) is 33.3 Å². The van der Waals surface area contributed by atoms with Gasteiger partial charge in [0.05, 0.1) is 24.0 Å². The fourth-order valence-electron chi connectivity index (χ4n) is 3.46. The summed E-state index contributed by atoms with van der Waals surface area (Å²) in [5.74, 6) is 1.77. The normalized spacial score (nSPS) is 11.8. The summed E-state index contributed by atoms with van der Waals surface area (Å²) >= 11 is 5.90.